The highest BCUT2D eigenvalue weighted by molar-refractivity contribution is 7.92. The number of rotatable bonds is 3. The Labute approximate surface area is 150 Å². The average molecular weight is 365 g/mol. The van der Waals surface area contributed by atoms with Gasteiger partial charge in [0.05, 0.1) is 19.1 Å². The monoisotopic (exact) mass is 364 g/mol. The van der Waals surface area contributed by atoms with Crippen LogP contribution in [0.2, 0.25) is 0 Å². The number of piperidine rings is 1. The van der Waals surface area contributed by atoms with E-state index in [0.29, 0.717) is 23.4 Å². The van der Waals surface area contributed by atoms with E-state index in [4.69, 9.17) is 4.74 Å². The summed E-state index contributed by atoms with van der Waals surface area (Å²) >= 11 is 0. The Morgan fingerprint density at radius 3 is 2.80 bits per heavy atom. The van der Waals surface area contributed by atoms with Crippen LogP contribution in [0.15, 0.2) is 12.1 Å². The SMILES string of the molecule is COc1cc2c(cc1NS(C)(=O)=O)C[C@H]1C3CCCC[C@@]23CCN1C. The summed E-state index contributed by atoms with van der Waals surface area (Å²) in [5.74, 6) is 1.35. The van der Waals surface area contributed by atoms with Gasteiger partial charge in [-0.2, -0.15) is 0 Å². The van der Waals surface area contributed by atoms with Gasteiger partial charge in [-0.1, -0.05) is 12.8 Å². The van der Waals surface area contributed by atoms with Crippen molar-refractivity contribution in [2.75, 3.05) is 31.7 Å². The maximum atomic E-state index is 11.7. The Morgan fingerprint density at radius 1 is 1.28 bits per heavy atom. The number of anilines is 1. The van der Waals surface area contributed by atoms with E-state index in [1.807, 2.05) is 6.07 Å². The number of likely N-dealkylation sites (tertiary alicyclic amines) is 1. The van der Waals surface area contributed by atoms with Crippen LogP contribution < -0.4 is 9.46 Å². The number of benzene rings is 1. The molecular formula is C19H28N2O3S. The highest BCUT2D eigenvalue weighted by atomic mass is 32.2. The highest BCUT2D eigenvalue weighted by Gasteiger charge is 2.53. The zero-order chi connectivity index (χ0) is 17.8. The van der Waals surface area contributed by atoms with Crippen LogP contribution in [0.5, 0.6) is 5.75 Å². The van der Waals surface area contributed by atoms with E-state index >= 15 is 0 Å². The summed E-state index contributed by atoms with van der Waals surface area (Å²) in [6, 6.07) is 4.72. The molecule has 0 amide bonds. The standard InChI is InChI=1S/C19H28N2O3S/c1-21-9-8-19-7-5-4-6-14(19)17(21)11-13-10-16(20-25(3,22)23)18(24-2)12-15(13)19/h10,12,14,17,20H,4-9,11H2,1-3H3/t14?,17-,19-/m0/s1. The second-order valence-electron chi connectivity index (χ2n) is 8.09. The Balaban J connectivity index is 1.86. The fraction of sp³-hybridized carbons (Fsp3) is 0.684. The Kier molecular flexibility index (Phi) is 4.03. The Morgan fingerprint density at radius 2 is 2.08 bits per heavy atom. The molecule has 1 unspecified atom stereocenters. The summed E-state index contributed by atoms with van der Waals surface area (Å²) in [6.07, 6.45) is 8.55. The highest BCUT2D eigenvalue weighted by Crippen LogP contribution is 2.56. The van der Waals surface area contributed by atoms with Gasteiger partial charge in [0.25, 0.3) is 0 Å². The normalized spacial score (nSPS) is 31.8. The molecule has 2 aliphatic carbocycles. The lowest BCUT2D eigenvalue weighted by atomic mass is 9.52. The molecule has 3 aliphatic rings. The van der Waals surface area contributed by atoms with Crippen molar-refractivity contribution in [3.8, 4) is 5.75 Å². The van der Waals surface area contributed by atoms with Crippen molar-refractivity contribution < 1.29 is 13.2 Å². The summed E-state index contributed by atoms with van der Waals surface area (Å²) in [5, 5.41) is 0. The molecule has 0 radical (unpaired) electrons. The Bertz CT molecular complexity index is 792. The second kappa shape index (κ2) is 5.88. The number of methoxy groups -OCH3 is 1. The van der Waals surface area contributed by atoms with E-state index < -0.39 is 10.0 Å². The molecule has 5 nitrogen and oxygen atoms in total. The summed E-state index contributed by atoms with van der Waals surface area (Å²) in [5.41, 5.74) is 3.52. The molecular weight excluding hydrogens is 336 g/mol. The molecule has 138 valence electrons. The molecule has 0 spiro atoms. The van der Waals surface area contributed by atoms with Crippen LogP contribution in [0, 0.1) is 5.92 Å². The molecule has 1 aromatic carbocycles. The molecule has 1 aliphatic heterocycles. The van der Waals surface area contributed by atoms with E-state index in [-0.39, 0.29) is 5.41 Å². The van der Waals surface area contributed by atoms with Crippen molar-refractivity contribution in [3.63, 3.8) is 0 Å². The molecule has 1 saturated carbocycles. The number of hydrogen-bond acceptors (Lipinski definition) is 4. The predicted molar refractivity (Wildman–Crippen MR) is 99.8 cm³/mol. The van der Waals surface area contributed by atoms with Crippen LogP contribution >= 0.6 is 0 Å². The van der Waals surface area contributed by atoms with Gasteiger partial charge in [0, 0.05) is 11.5 Å². The maximum absolute atomic E-state index is 11.7. The molecule has 1 N–H and O–H groups in total. The van der Waals surface area contributed by atoms with E-state index in [9.17, 15) is 8.42 Å². The second-order valence-corrected chi connectivity index (χ2v) is 9.84. The summed E-state index contributed by atoms with van der Waals surface area (Å²) in [4.78, 5) is 2.52. The number of nitrogens with one attached hydrogen (secondary N) is 1. The van der Waals surface area contributed by atoms with Crippen molar-refractivity contribution in [3.05, 3.63) is 23.3 Å². The molecule has 2 fully saturated rings. The summed E-state index contributed by atoms with van der Waals surface area (Å²) < 4.78 is 31.7. The number of hydrogen-bond donors (Lipinski definition) is 1. The van der Waals surface area contributed by atoms with Gasteiger partial charge in [0.15, 0.2) is 0 Å². The fourth-order valence-electron chi connectivity index (χ4n) is 5.68. The van der Waals surface area contributed by atoms with E-state index in [0.717, 1.165) is 13.0 Å². The van der Waals surface area contributed by atoms with Gasteiger partial charge >= 0.3 is 0 Å². The van der Waals surface area contributed by atoms with Gasteiger partial charge in [-0.3, -0.25) is 4.72 Å². The average Bonchev–Trinajstić information content (AvgIpc) is 2.56. The third-order valence-corrected chi connectivity index (χ3v) is 7.32. The number of ether oxygens (including phenoxy) is 1. The molecule has 25 heavy (non-hydrogen) atoms. The smallest absolute Gasteiger partial charge is 0.229 e. The van der Waals surface area contributed by atoms with Crippen LogP contribution in [0.1, 0.15) is 43.2 Å². The molecule has 1 heterocycles. The van der Waals surface area contributed by atoms with Crippen LogP contribution in [0.4, 0.5) is 5.69 Å². The lowest BCUT2D eigenvalue weighted by molar-refractivity contribution is 0.00277. The third kappa shape index (κ3) is 2.74. The largest absolute Gasteiger partial charge is 0.495 e. The lowest BCUT2D eigenvalue weighted by Crippen LogP contribution is -2.59. The first kappa shape index (κ1) is 17.2. The van der Waals surface area contributed by atoms with Gasteiger partial charge in [-0.05, 0) is 68.5 Å². The first-order valence-corrected chi connectivity index (χ1v) is 11.1. The van der Waals surface area contributed by atoms with E-state index in [2.05, 4.69) is 22.7 Å². The minimum absolute atomic E-state index is 0.250. The first-order chi connectivity index (χ1) is 11.8. The zero-order valence-corrected chi connectivity index (χ0v) is 16.2. The summed E-state index contributed by atoms with van der Waals surface area (Å²) in [7, 11) is 0.529. The topological polar surface area (TPSA) is 58.6 Å². The van der Waals surface area contributed by atoms with Crippen LogP contribution in [0.3, 0.4) is 0 Å². The minimum Gasteiger partial charge on any atom is -0.495 e. The van der Waals surface area contributed by atoms with Crippen molar-refractivity contribution in [1.82, 2.24) is 4.90 Å². The number of sulfonamides is 1. The van der Waals surface area contributed by atoms with Gasteiger partial charge in [-0.15, -0.1) is 0 Å². The maximum Gasteiger partial charge on any atom is 0.229 e. The van der Waals surface area contributed by atoms with Crippen molar-refractivity contribution in [2.24, 2.45) is 5.92 Å². The van der Waals surface area contributed by atoms with Gasteiger partial charge in [0.2, 0.25) is 10.0 Å². The lowest BCUT2D eigenvalue weighted by Gasteiger charge is -2.58. The van der Waals surface area contributed by atoms with Crippen molar-refractivity contribution in [1.29, 1.82) is 0 Å². The quantitative estimate of drug-likeness (QED) is 0.896. The van der Waals surface area contributed by atoms with E-state index in [1.165, 1.54) is 49.5 Å². The first-order valence-electron chi connectivity index (χ1n) is 9.23. The minimum atomic E-state index is -3.33. The van der Waals surface area contributed by atoms with Crippen LogP contribution in [-0.4, -0.2) is 46.3 Å². The predicted octanol–water partition coefficient (Wildman–Crippen LogP) is 2.75. The van der Waals surface area contributed by atoms with E-state index in [1.54, 1.807) is 7.11 Å². The molecule has 3 atom stereocenters. The van der Waals surface area contributed by atoms with Crippen LogP contribution in [0.25, 0.3) is 0 Å². The van der Waals surface area contributed by atoms with Gasteiger partial charge in [0.1, 0.15) is 5.75 Å². The van der Waals surface area contributed by atoms with Crippen molar-refractivity contribution >= 4 is 15.7 Å². The number of likely N-dealkylation sites (N-methyl/N-ethyl adjacent to an activating group) is 1. The number of fused-ring (bicyclic) bond motifs is 1. The molecule has 4 rings (SSSR count). The molecule has 0 aromatic heterocycles. The fourth-order valence-corrected chi connectivity index (χ4v) is 6.24. The van der Waals surface area contributed by atoms with Gasteiger partial charge in [-0.25, -0.2) is 8.42 Å². The molecule has 1 aromatic rings. The number of nitrogens with zero attached hydrogens (tertiary/aromatic N) is 1. The Hall–Kier alpha value is -1.27. The molecule has 2 bridgehead atoms. The van der Waals surface area contributed by atoms with Crippen molar-refractivity contribution in [2.45, 2.75) is 50.0 Å². The zero-order valence-electron chi connectivity index (χ0n) is 15.3. The van der Waals surface area contributed by atoms with Gasteiger partial charge < -0.3 is 9.64 Å². The molecule has 6 heteroatoms. The summed E-state index contributed by atoms with van der Waals surface area (Å²) in [6.45, 7) is 1.15. The van der Waals surface area contributed by atoms with Crippen LogP contribution in [-0.2, 0) is 21.9 Å². The molecule has 1 saturated heterocycles. The third-order valence-electron chi connectivity index (χ3n) is 6.73.